The molecule has 0 aliphatic carbocycles. The van der Waals surface area contributed by atoms with Crippen molar-refractivity contribution in [2.75, 3.05) is 0 Å². The topological polar surface area (TPSA) is 35.2 Å². The van der Waals surface area contributed by atoms with Crippen LogP contribution in [0, 0.1) is 6.92 Å². The Kier molecular flexibility index (Phi) is 4.17. The van der Waals surface area contributed by atoms with Crippen molar-refractivity contribution in [3.05, 3.63) is 59.2 Å². The van der Waals surface area contributed by atoms with E-state index in [0.29, 0.717) is 10.7 Å². The highest BCUT2D eigenvalue weighted by molar-refractivity contribution is 7.80. The van der Waals surface area contributed by atoms with Crippen molar-refractivity contribution in [2.24, 2.45) is 5.73 Å². The van der Waals surface area contributed by atoms with Crippen LogP contribution >= 0.6 is 12.2 Å². The highest BCUT2D eigenvalue weighted by atomic mass is 32.1. The Labute approximate surface area is 119 Å². The fraction of sp³-hybridized carbons (Fsp3) is 0.188. The Morgan fingerprint density at radius 3 is 2.42 bits per heavy atom. The molecule has 2 nitrogen and oxygen atoms in total. The van der Waals surface area contributed by atoms with Crippen LogP contribution in [0.4, 0.5) is 0 Å². The van der Waals surface area contributed by atoms with E-state index in [9.17, 15) is 0 Å². The first-order valence-corrected chi connectivity index (χ1v) is 6.68. The summed E-state index contributed by atoms with van der Waals surface area (Å²) in [5, 5.41) is 0. The maximum Gasteiger partial charge on any atom is 0.137 e. The molecule has 2 aromatic rings. The Bertz CT molecular complexity index is 590. The zero-order chi connectivity index (χ0) is 13.8. The number of ether oxygens (including phenoxy) is 1. The highest BCUT2D eigenvalue weighted by Crippen LogP contribution is 2.26. The summed E-state index contributed by atoms with van der Waals surface area (Å²) < 4.78 is 5.88. The van der Waals surface area contributed by atoms with E-state index < -0.39 is 0 Å². The first-order chi connectivity index (χ1) is 9.10. The van der Waals surface area contributed by atoms with Crippen molar-refractivity contribution in [1.82, 2.24) is 0 Å². The van der Waals surface area contributed by atoms with Gasteiger partial charge in [0.2, 0.25) is 0 Å². The maximum atomic E-state index is 5.88. The van der Waals surface area contributed by atoms with Gasteiger partial charge in [-0.2, -0.15) is 0 Å². The van der Waals surface area contributed by atoms with E-state index in [1.807, 2.05) is 37.3 Å². The van der Waals surface area contributed by atoms with Crippen molar-refractivity contribution in [1.29, 1.82) is 0 Å². The van der Waals surface area contributed by atoms with Gasteiger partial charge >= 0.3 is 0 Å². The lowest BCUT2D eigenvalue weighted by Gasteiger charge is -2.11. The van der Waals surface area contributed by atoms with Gasteiger partial charge in [-0.05, 0) is 48.7 Å². The highest BCUT2D eigenvalue weighted by Gasteiger charge is 2.08. The van der Waals surface area contributed by atoms with E-state index >= 15 is 0 Å². The van der Waals surface area contributed by atoms with Gasteiger partial charge in [-0.3, -0.25) is 0 Å². The van der Waals surface area contributed by atoms with Crippen LogP contribution in [0.1, 0.15) is 23.6 Å². The molecule has 0 saturated carbocycles. The van der Waals surface area contributed by atoms with Gasteiger partial charge in [-0.25, -0.2) is 0 Å². The minimum atomic E-state index is 0.347. The van der Waals surface area contributed by atoms with E-state index in [1.165, 1.54) is 5.56 Å². The quantitative estimate of drug-likeness (QED) is 0.854. The molecule has 0 unspecified atom stereocenters. The number of hydrogen-bond donors (Lipinski definition) is 1. The molecule has 0 saturated heterocycles. The molecule has 2 N–H and O–H groups in total. The van der Waals surface area contributed by atoms with Crippen LogP contribution in [0.25, 0.3) is 0 Å². The third-order valence-electron chi connectivity index (χ3n) is 2.96. The molecule has 19 heavy (non-hydrogen) atoms. The lowest BCUT2D eigenvalue weighted by atomic mass is 10.1. The van der Waals surface area contributed by atoms with Crippen LogP contribution in [-0.2, 0) is 6.42 Å². The standard InChI is InChI=1S/C16H17NOS/c1-3-12-5-7-13(8-6-12)18-15-10-11(2)4-9-14(15)16(17)19/h4-10H,3H2,1-2H3,(H2,17,19). The van der Waals surface area contributed by atoms with Crippen molar-refractivity contribution < 1.29 is 4.74 Å². The first kappa shape index (κ1) is 13.6. The molecule has 0 aliphatic heterocycles. The summed E-state index contributed by atoms with van der Waals surface area (Å²) >= 11 is 5.05. The van der Waals surface area contributed by atoms with Gasteiger partial charge < -0.3 is 10.5 Å². The summed E-state index contributed by atoms with van der Waals surface area (Å²) in [6.45, 7) is 4.14. The van der Waals surface area contributed by atoms with E-state index in [4.69, 9.17) is 22.7 Å². The molecule has 0 radical (unpaired) electrons. The fourth-order valence-electron chi connectivity index (χ4n) is 1.84. The number of benzene rings is 2. The third-order valence-corrected chi connectivity index (χ3v) is 3.18. The number of rotatable bonds is 4. The van der Waals surface area contributed by atoms with Crippen molar-refractivity contribution in [3.8, 4) is 11.5 Å². The van der Waals surface area contributed by atoms with E-state index in [2.05, 4.69) is 19.1 Å². The average molecular weight is 271 g/mol. The minimum absolute atomic E-state index is 0.347. The van der Waals surface area contributed by atoms with E-state index in [1.54, 1.807) is 0 Å². The van der Waals surface area contributed by atoms with Crippen LogP contribution in [0.2, 0.25) is 0 Å². The molecule has 0 spiro atoms. The van der Waals surface area contributed by atoms with Crippen molar-refractivity contribution in [2.45, 2.75) is 20.3 Å². The van der Waals surface area contributed by atoms with Gasteiger partial charge in [-0.1, -0.05) is 37.3 Å². The lowest BCUT2D eigenvalue weighted by molar-refractivity contribution is 0.481. The summed E-state index contributed by atoms with van der Waals surface area (Å²) in [5.41, 5.74) is 8.87. The maximum absolute atomic E-state index is 5.88. The van der Waals surface area contributed by atoms with E-state index in [-0.39, 0.29) is 0 Å². The molecule has 2 aromatic carbocycles. The summed E-state index contributed by atoms with van der Waals surface area (Å²) in [5.74, 6) is 1.50. The molecule has 98 valence electrons. The predicted molar refractivity (Wildman–Crippen MR) is 83.0 cm³/mol. The Morgan fingerprint density at radius 1 is 1.16 bits per heavy atom. The van der Waals surface area contributed by atoms with Gasteiger partial charge in [0, 0.05) is 0 Å². The van der Waals surface area contributed by atoms with Gasteiger partial charge in [0.15, 0.2) is 0 Å². The molecule has 0 fully saturated rings. The largest absolute Gasteiger partial charge is 0.457 e. The zero-order valence-electron chi connectivity index (χ0n) is 11.1. The summed E-state index contributed by atoms with van der Waals surface area (Å²) in [7, 11) is 0. The SMILES string of the molecule is CCc1ccc(Oc2cc(C)ccc2C(N)=S)cc1. The predicted octanol–water partition coefficient (Wildman–Crippen LogP) is 3.98. The molecule has 3 heteroatoms. The van der Waals surface area contributed by atoms with Crippen LogP contribution in [-0.4, -0.2) is 4.99 Å². The second-order valence-electron chi connectivity index (χ2n) is 4.46. The van der Waals surface area contributed by atoms with Crippen LogP contribution < -0.4 is 10.5 Å². The Balaban J connectivity index is 2.31. The summed E-state index contributed by atoms with van der Waals surface area (Å²) in [6, 6.07) is 13.9. The molecular formula is C16H17NOS. The molecule has 0 atom stereocenters. The van der Waals surface area contributed by atoms with Gasteiger partial charge in [0.1, 0.15) is 16.5 Å². The zero-order valence-corrected chi connectivity index (χ0v) is 12.0. The monoisotopic (exact) mass is 271 g/mol. The second kappa shape index (κ2) is 5.85. The Morgan fingerprint density at radius 2 is 1.84 bits per heavy atom. The number of aryl methyl sites for hydroxylation is 2. The number of hydrogen-bond acceptors (Lipinski definition) is 2. The average Bonchev–Trinajstić information content (AvgIpc) is 2.39. The molecule has 2 rings (SSSR count). The first-order valence-electron chi connectivity index (χ1n) is 6.27. The normalized spacial score (nSPS) is 10.2. The third kappa shape index (κ3) is 3.32. The molecule has 0 aliphatic rings. The molecular weight excluding hydrogens is 254 g/mol. The van der Waals surface area contributed by atoms with Crippen molar-refractivity contribution in [3.63, 3.8) is 0 Å². The molecule has 0 amide bonds. The van der Waals surface area contributed by atoms with E-state index in [0.717, 1.165) is 23.3 Å². The van der Waals surface area contributed by atoms with Crippen LogP contribution in [0.3, 0.4) is 0 Å². The fourth-order valence-corrected chi connectivity index (χ4v) is 2.01. The molecule has 0 bridgehead atoms. The van der Waals surface area contributed by atoms with Gasteiger partial charge in [-0.15, -0.1) is 0 Å². The molecule has 0 heterocycles. The Hall–Kier alpha value is -1.87. The second-order valence-corrected chi connectivity index (χ2v) is 4.90. The van der Waals surface area contributed by atoms with Crippen LogP contribution in [0.15, 0.2) is 42.5 Å². The minimum Gasteiger partial charge on any atom is -0.457 e. The summed E-state index contributed by atoms with van der Waals surface area (Å²) in [4.78, 5) is 0.347. The number of thiocarbonyl (C=S) groups is 1. The lowest BCUT2D eigenvalue weighted by Crippen LogP contribution is -2.10. The summed E-state index contributed by atoms with van der Waals surface area (Å²) in [6.07, 6.45) is 1.02. The number of nitrogens with two attached hydrogens (primary N) is 1. The smallest absolute Gasteiger partial charge is 0.137 e. The van der Waals surface area contributed by atoms with Crippen molar-refractivity contribution >= 4 is 17.2 Å². The van der Waals surface area contributed by atoms with Gasteiger partial charge in [0.05, 0.1) is 5.56 Å². The van der Waals surface area contributed by atoms with Gasteiger partial charge in [0.25, 0.3) is 0 Å². The van der Waals surface area contributed by atoms with Crippen LogP contribution in [0.5, 0.6) is 11.5 Å². The molecule has 0 aromatic heterocycles.